The van der Waals surface area contributed by atoms with E-state index in [9.17, 15) is 4.79 Å². The van der Waals surface area contributed by atoms with Gasteiger partial charge in [0.25, 0.3) is 0 Å². The molecule has 0 aliphatic carbocycles. The molecule has 0 saturated carbocycles. The standard InChI is InChI=1S/C15H16N4OS/c16-14(20)5-7-19-8-6-15(18-19)17-10-12-9-11-3-1-2-4-13(11)21-12/h1-4,6,8-9H,5,7,10H2,(H2,16,20)(H,17,18). The number of anilines is 1. The van der Waals surface area contributed by atoms with Gasteiger partial charge < -0.3 is 11.1 Å². The van der Waals surface area contributed by atoms with Crippen molar-refractivity contribution in [2.45, 2.75) is 19.5 Å². The average Bonchev–Trinajstić information content (AvgIpc) is 3.09. The highest BCUT2D eigenvalue weighted by molar-refractivity contribution is 7.19. The summed E-state index contributed by atoms with van der Waals surface area (Å²) in [7, 11) is 0. The van der Waals surface area contributed by atoms with Crippen molar-refractivity contribution < 1.29 is 4.79 Å². The SMILES string of the molecule is NC(=O)CCn1ccc(NCc2cc3ccccc3s2)n1. The number of carbonyl (C=O) groups is 1. The second-order valence-corrected chi connectivity index (χ2v) is 5.95. The van der Waals surface area contributed by atoms with Crippen molar-refractivity contribution in [1.29, 1.82) is 0 Å². The van der Waals surface area contributed by atoms with Crippen molar-refractivity contribution in [2.75, 3.05) is 5.32 Å². The Balaban J connectivity index is 1.60. The predicted octanol–water partition coefficient (Wildman–Crippen LogP) is 2.59. The number of primary amides is 1. The largest absolute Gasteiger partial charge is 0.370 e. The van der Waals surface area contributed by atoms with Crippen molar-refractivity contribution in [1.82, 2.24) is 9.78 Å². The molecule has 3 N–H and O–H groups in total. The van der Waals surface area contributed by atoms with Gasteiger partial charge in [-0.3, -0.25) is 9.48 Å². The molecule has 1 amide bonds. The molecule has 0 aliphatic heterocycles. The zero-order valence-electron chi connectivity index (χ0n) is 11.5. The van der Waals surface area contributed by atoms with E-state index in [0.29, 0.717) is 13.0 Å². The maximum absolute atomic E-state index is 10.7. The molecule has 2 heterocycles. The third-order valence-corrected chi connectivity index (χ3v) is 4.26. The number of aromatic nitrogens is 2. The first-order valence-corrected chi connectivity index (χ1v) is 7.55. The maximum atomic E-state index is 10.7. The van der Waals surface area contributed by atoms with Gasteiger partial charge in [-0.25, -0.2) is 0 Å². The van der Waals surface area contributed by atoms with E-state index in [0.717, 1.165) is 12.4 Å². The van der Waals surface area contributed by atoms with Gasteiger partial charge >= 0.3 is 0 Å². The Morgan fingerprint density at radius 1 is 1.33 bits per heavy atom. The highest BCUT2D eigenvalue weighted by Crippen LogP contribution is 2.25. The molecule has 21 heavy (non-hydrogen) atoms. The highest BCUT2D eigenvalue weighted by atomic mass is 32.1. The topological polar surface area (TPSA) is 72.9 Å². The fourth-order valence-corrected chi connectivity index (χ4v) is 3.11. The van der Waals surface area contributed by atoms with Crippen LogP contribution < -0.4 is 11.1 Å². The van der Waals surface area contributed by atoms with E-state index in [4.69, 9.17) is 5.73 Å². The lowest BCUT2D eigenvalue weighted by Crippen LogP contribution is -2.14. The Morgan fingerprint density at radius 2 is 2.19 bits per heavy atom. The third kappa shape index (κ3) is 3.41. The van der Waals surface area contributed by atoms with Crippen LogP contribution in [0.4, 0.5) is 5.82 Å². The minimum absolute atomic E-state index is 0.303. The van der Waals surface area contributed by atoms with E-state index in [1.807, 2.05) is 18.3 Å². The van der Waals surface area contributed by atoms with E-state index in [-0.39, 0.29) is 5.91 Å². The Hall–Kier alpha value is -2.34. The van der Waals surface area contributed by atoms with E-state index < -0.39 is 0 Å². The number of benzene rings is 1. The molecule has 1 aromatic carbocycles. The van der Waals surface area contributed by atoms with Crippen LogP contribution in [0.5, 0.6) is 0 Å². The smallest absolute Gasteiger partial charge is 0.219 e. The van der Waals surface area contributed by atoms with E-state index >= 15 is 0 Å². The summed E-state index contributed by atoms with van der Waals surface area (Å²) in [6.45, 7) is 1.26. The normalized spacial score (nSPS) is 10.9. The lowest BCUT2D eigenvalue weighted by molar-refractivity contribution is -0.118. The molecule has 0 aliphatic rings. The number of hydrogen-bond donors (Lipinski definition) is 2. The van der Waals surface area contributed by atoms with Gasteiger partial charge in [0.05, 0.1) is 6.54 Å². The molecule has 0 spiro atoms. The van der Waals surface area contributed by atoms with E-state index in [1.54, 1.807) is 16.0 Å². The molecule has 6 heteroatoms. The Labute approximate surface area is 126 Å². The van der Waals surface area contributed by atoms with Gasteiger partial charge in [0.15, 0.2) is 0 Å². The summed E-state index contributed by atoms with van der Waals surface area (Å²) < 4.78 is 3.01. The van der Waals surface area contributed by atoms with Crippen molar-refractivity contribution in [2.24, 2.45) is 5.73 Å². The number of amides is 1. The third-order valence-electron chi connectivity index (χ3n) is 3.15. The summed E-state index contributed by atoms with van der Waals surface area (Å²) in [5.74, 6) is 0.488. The number of fused-ring (bicyclic) bond motifs is 1. The fraction of sp³-hybridized carbons (Fsp3) is 0.200. The Kier molecular flexibility index (Phi) is 3.87. The Morgan fingerprint density at radius 3 is 3.00 bits per heavy atom. The second kappa shape index (κ2) is 5.97. The van der Waals surface area contributed by atoms with Crippen LogP contribution in [0.25, 0.3) is 10.1 Å². The number of hydrogen-bond acceptors (Lipinski definition) is 4. The molecule has 3 rings (SSSR count). The zero-order valence-corrected chi connectivity index (χ0v) is 12.3. The van der Waals surface area contributed by atoms with Crippen LogP contribution in [0.1, 0.15) is 11.3 Å². The first-order chi connectivity index (χ1) is 10.2. The van der Waals surface area contributed by atoms with Gasteiger partial charge in [-0.1, -0.05) is 18.2 Å². The van der Waals surface area contributed by atoms with Crippen molar-refractivity contribution in [3.05, 3.63) is 47.5 Å². The number of nitrogens with zero attached hydrogens (tertiary/aromatic N) is 2. The molecular formula is C15H16N4OS. The molecule has 0 radical (unpaired) electrons. The molecule has 0 atom stereocenters. The number of rotatable bonds is 6. The van der Waals surface area contributed by atoms with Crippen LogP contribution in [0.15, 0.2) is 42.6 Å². The lowest BCUT2D eigenvalue weighted by Gasteiger charge is -2.00. The van der Waals surface area contributed by atoms with Crippen molar-refractivity contribution in [3.8, 4) is 0 Å². The molecular weight excluding hydrogens is 284 g/mol. The summed E-state index contributed by atoms with van der Waals surface area (Å²) >= 11 is 1.78. The summed E-state index contributed by atoms with van der Waals surface area (Å²) in [6, 6.07) is 12.4. The average molecular weight is 300 g/mol. The summed E-state index contributed by atoms with van der Waals surface area (Å²) in [4.78, 5) is 12.0. The van der Waals surface area contributed by atoms with E-state index in [2.05, 4.69) is 34.7 Å². The highest BCUT2D eigenvalue weighted by Gasteiger charge is 2.03. The fourth-order valence-electron chi connectivity index (χ4n) is 2.11. The van der Waals surface area contributed by atoms with Crippen LogP contribution >= 0.6 is 11.3 Å². The summed E-state index contributed by atoms with van der Waals surface area (Å²) in [5.41, 5.74) is 5.12. The molecule has 108 valence electrons. The lowest BCUT2D eigenvalue weighted by atomic mass is 10.2. The quantitative estimate of drug-likeness (QED) is 0.735. The van der Waals surface area contributed by atoms with Gasteiger partial charge in [0.2, 0.25) is 5.91 Å². The predicted molar refractivity (Wildman–Crippen MR) is 85.2 cm³/mol. The van der Waals surface area contributed by atoms with E-state index in [1.165, 1.54) is 15.0 Å². The van der Waals surface area contributed by atoms with Gasteiger partial charge in [-0.05, 0) is 17.5 Å². The molecule has 2 aromatic heterocycles. The van der Waals surface area contributed by atoms with Crippen LogP contribution in [0.2, 0.25) is 0 Å². The molecule has 5 nitrogen and oxygen atoms in total. The Bertz CT molecular complexity index is 729. The molecule has 0 saturated heterocycles. The van der Waals surface area contributed by atoms with Gasteiger partial charge in [0.1, 0.15) is 5.82 Å². The van der Waals surface area contributed by atoms with Crippen LogP contribution in [-0.4, -0.2) is 15.7 Å². The van der Waals surface area contributed by atoms with Gasteiger partial charge in [-0.2, -0.15) is 5.10 Å². The zero-order chi connectivity index (χ0) is 14.7. The van der Waals surface area contributed by atoms with Crippen molar-refractivity contribution in [3.63, 3.8) is 0 Å². The number of nitrogens with two attached hydrogens (primary N) is 1. The molecule has 0 bridgehead atoms. The number of nitrogens with one attached hydrogen (secondary N) is 1. The van der Waals surface area contributed by atoms with Gasteiger partial charge in [0, 0.05) is 34.8 Å². The molecule has 3 aromatic rings. The maximum Gasteiger partial charge on any atom is 0.219 e. The minimum atomic E-state index is -0.315. The molecule has 0 fully saturated rings. The van der Waals surface area contributed by atoms with Gasteiger partial charge in [-0.15, -0.1) is 11.3 Å². The number of aryl methyl sites for hydroxylation is 1. The minimum Gasteiger partial charge on any atom is -0.370 e. The molecule has 0 unspecified atom stereocenters. The first-order valence-electron chi connectivity index (χ1n) is 6.74. The van der Waals surface area contributed by atoms with Crippen LogP contribution in [-0.2, 0) is 17.9 Å². The first kappa shape index (κ1) is 13.6. The summed E-state index contributed by atoms with van der Waals surface area (Å²) in [5, 5.41) is 8.92. The number of carbonyl (C=O) groups excluding carboxylic acids is 1. The number of thiophene rings is 1. The monoisotopic (exact) mass is 300 g/mol. The summed E-state index contributed by atoms with van der Waals surface area (Å²) in [6.07, 6.45) is 2.15. The van der Waals surface area contributed by atoms with Crippen molar-refractivity contribution >= 4 is 33.1 Å². The van der Waals surface area contributed by atoms with Crippen LogP contribution in [0.3, 0.4) is 0 Å². The second-order valence-electron chi connectivity index (χ2n) is 4.78. The van der Waals surface area contributed by atoms with Crippen LogP contribution in [0, 0.1) is 0 Å².